The van der Waals surface area contributed by atoms with Gasteiger partial charge < -0.3 is 9.47 Å². The second-order valence-corrected chi connectivity index (χ2v) is 5.38. The molecular formula is C13H17ClO2. The molecule has 0 spiro atoms. The summed E-state index contributed by atoms with van der Waals surface area (Å²) in [5.74, 6) is 1.68. The van der Waals surface area contributed by atoms with Gasteiger partial charge in [-0.05, 0) is 23.5 Å². The smallest absolute Gasteiger partial charge is 0.126 e. The molecule has 0 radical (unpaired) electrons. The minimum Gasteiger partial charge on any atom is -0.497 e. The number of hydrogen-bond donors (Lipinski definition) is 0. The largest absolute Gasteiger partial charge is 0.497 e. The Bertz CT molecular complexity index is 413. The summed E-state index contributed by atoms with van der Waals surface area (Å²) in [6, 6.07) is 3.94. The SMILES string of the molecule is COc1cc(OC)c2c(c1)C(Cl)CC2(C)C. The molecule has 1 unspecified atom stereocenters. The molecule has 88 valence electrons. The molecule has 1 aromatic carbocycles. The standard InChI is InChI=1S/C13H17ClO2/c1-13(2)7-10(14)9-5-8(15-3)6-11(16-4)12(9)13/h5-6,10H,7H2,1-4H3. The van der Waals surface area contributed by atoms with E-state index in [4.69, 9.17) is 21.1 Å². The van der Waals surface area contributed by atoms with E-state index in [1.165, 1.54) is 5.56 Å². The van der Waals surface area contributed by atoms with Crippen LogP contribution in [0.15, 0.2) is 12.1 Å². The number of alkyl halides is 1. The lowest BCUT2D eigenvalue weighted by Gasteiger charge is -2.21. The normalized spacial score (nSPS) is 21.7. The Morgan fingerprint density at radius 3 is 2.50 bits per heavy atom. The molecule has 1 aliphatic rings. The highest BCUT2D eigenvalue weighted by atomic mass is 35.5. The van der Waals surface area contributed by atoms with Gasteiger partial charge in [0.15, 0.2) is 0 Å². The summed E-state index contributed by atoms with van der Waals surface area (Å²) in [5, 5.41) is 0.0500. The van der Waals surface area contributed by atoms with Gasteiger partial charge in [0.1, 0.15) is 11.5 Å². The maximum atomic E-state index is 6.37. The third-order valence-corrected chi connectivity index (χ3v) is 3.65. The van der Waals surface area contributed by atoms with E-state index in [1.54, 1.807) is 14.2 Å². The summed E-state index contributed by atoms with van der Waals surface area (Å²) in [6.45, 7) is 4.40. The fourth-order valence-electron chi connectivity index (χ4n) is 2.52. The van der Waals surface area contributed by atoms with Crippen molar-refractivity contribution in [3.63, 3.8) is 0 Å². The predicted octanol–water partition coefficient (Wildman–Crippen LogP) is 3.67. The van der Waals surface area contributed by atoms with Gasteiger partial charge in [-0.2, -0.15) is 0 Å². The molecule has 0 heterocycles. The molecule has 0 saturated heterocycles. The molecule has 0 aliphatic heterocycles. The van der Waals surface area contributed by atoms with Crippen LogP contribution in [-0.2, 0) is 5.41 Å². The molecule has 0 aromatic heterocycles. The lowest BCUT2D eigenvalue weighted by atomic mass is 9.86. The van der Waals surface area contributed by atoms with Gasteiger partial charge in [0.25, 0.3) is 0 Å². The average molecular weight is 241 g/mol. The Balaban J connectivity index is 2.64. The van der Waals surface area contributed by atoms with E-state index >= 15 is 0 Å². The van der Waals surface area contributed by atoms with E-state index in [1.807, 2.05) is 12.1 Å². The van der Waals surface area contributed by atoms with Gasteiger partial charge in [-0.3, -0.25) is 0 Å². The molecule has 2 rings (SSSR count). The minimum absolute atomic E-state index is 0.0500. The first-order valence-corrected chi connectivity index (χ1v) is 5.83. The van der Waals surface area contributed by atoms with E-state index in [-0.39, 0.29) is 10.8 Å². The topological polar surface area (TPSA) is 18.5 Å². The summed E-state index contributed by atoms with van der Waals surface area (Å²) in [7, 11) is 3.34. The van der Waals surface area contributed by atoms with E-state index in [2.05, 4.69) is 13.8 Å². The zero-order valence-corrected chi connectivity index (χ0v) is 10.9. The summed E-state index contributed by atoms with van der Waals surface area (Å²) in [4.78, 5) is 0. The van der Waals surface area contributed by atoms with Crippen LogP contribution in [0, 0.1) is 0 Å². The lowest BCUT2D eigenvalue weighted by Crippen LogP contribution is -2.13. The van der Waals surface area contributed by atoms with E-state index in [0.717, 1.165) is 23.5 Å². The quantitative estimate of drug-likeness (QED) is 0.735. The number of methoxy groups -OCH3 is 2. The molecule has 1 aliphatic carbocycles. The Kier molecular flexibility index (Phi) is 2.79. The Morgan fingerprint density at radius 2 is 1.94 bits per heavy atom. The summed E-state index contributed by atoms with van der Waals surface area (Å²) < 4.78 is 10.7. The van der Waals surface area contributed by atoms with Crippen LogP contribution in [0.1, 0.15) is 36.8 Å². The van der Waals surface area contributed by atoms with Crippen molar-refractivity contribution in [2.24, 2.45) is 0 Å². The fraction of sp³-hybridized carbons (Fsp3) is 0.538. The Labute approximate surface area is 102 Å². The summed E-state index contributed by atoms with van der Waals surface area (Å²) in [6.07, 6.45) is 0.938. The van der Waals surface area contributed by atoms with Crippen molar-refractivity contribution < 1.29 is 9.47 Å². The van der Waals surface area contributed by atoms with Crippen molar-refractivity contribution in [3.05, 3.63) is 23.3 Å². The number of halogens is 1. The van der Waals surface area contributed by atoms with Gasteiger partial charge >= 0.3 is 0 Å². The zero-order chi connectivity index (χ0) is 11.9. The van der Waals surface area contributed by atoms with Gasteiger partial charge in [0.2, 0.25) is 0 Å². The molecular weight excluding hydrogens is 224 g/mol. The van der Waals surface area contributed by atoms with Crippen LogP contribution in [0.5, 0.6) is 11.5 Å². The lowest BCUT2D eigenvalue weighted by molar-refractivity contribution is 0.382. The minimum atomic E-state index is 0.0500. The van der Waals surface area contributed by atoms with Crippen LogP contribution in [0.2, 0.25) is 0 Å². The highest BCUT2D eigenvalue weighted by Gasteiger charge is 2.39. The highest BCUT2D eigenvalue weighted by Crippen LogP contribution is 2.52. The van der Waals surface area contributed by atoms with Crippen LogP contribution >= 0.6 is 11.6 Å². The molecule has 0 bridgehead atoms. The zero-order valence-electron chi connectivity index (χ0n) is 10.1. The van der Waals surface area contributed by atoms with Crippen molar-refractivity contribution in [2.45, 2.75) is 31.1 Å². The highest BCUT2D eigenvalue weighted by molar-refractivity contribution is 6.21. The first-order chi connectivity index (χ1) is 7.49. The first-order valence-electron chi connectivity index (χ1n) is 5.40. The van der Waals surface area contributed by atoms with Crippen LogP contribution in [0.4, 0.5) is 0 Å². The number of rotatable bonds is 2. The number of hydrogen-bond acceptors (Lipinski definition) is 2. The van der Waals surface area contributed by atoms with Gasteiger partial charge in [-0.25, -0.2) is 0 Å². The Morgan fingerprint density at radius 1 is 1.25 bits per heavy atom. The van der Waals surface area contributed by atoms with E-state index in [0.29, 0.717) is 0 Å². The van der Waals surface area contributed by atoms with Gasteiger partial charge in [-0.15, -0.1) is 11.6 Å². The van der Waals surface area contributed by atoms with Gasteiger partial charge in [0, 0.05) is 11.6 Å². The predicted molar refractivity (Wildman–Crippen MR) is 65.8 cm³/mol. The molecule has 16 heavy (non-hydrogen) atoms. The number of benzene rings is 1. The monoisotopic (exact) mass is 240 g/mol. The number of ether oxygens (including phenoxy) is 2. The van der Waals surface area contributed by atoms with Crippen molar-refractivity contribution in [2.75, 3.05) is 14.2 Å². The second-order valence-electron chi connectivity index (χ2n) is 4.85. The van der Waals surface area contributed by atoms with Crippen LogP contribution < -0.4 is 9.47 Å². The molecule has 3 heteroatoms. The molecule has 2 nitrogen and oxygen atoms in total. The molecule has 0 saturated carbocycles. The van der Waals surface area contributed by atoms with E-state index in [9.17, 15) is 0 Å². The first kappa shape index (κ1) is 11.6. The molecule has 1 atom stereocenters. The van der Waals surface area contributed by atoms with Crippen molar-refractivity contribution in [3.8, 4) is 11.5 Å². The van der Waals surface area contributed by atoms with Crippen LogP contribution in [-0.4, -0.2) is 14.2 Å². The maximum Gasteiger partial charge on any atom is 0.126 e. The van der Waals surface area contributed by atoms with Gasteiger partial charge in [0.05, 0.1) is 19.6 Å². The Hall–Kier alpha value is -0.890. The van der Waals surface area contributed by atoms with Crippen LogP contribution in [0.25, 0.3) is 0 Å². The number of fused-ring (bicyclic) bond motifs is 1. The third kappa shape index (κ3) is 1.65. The fourth-order valence-corrected chi connectivity index (χ4v) is 3.08. The van der Waals surface area contributed by atoms with Crippen molar-refractivity contribution in [1.29, 1.82) is 0 Å². The van der Waals surface area contributed by atoms with Crippen molar-refractivity contribution in [1.82, 2.24) is 0 Å². The molecule has 0 amide bonds. The molecule has 1 aromatic rings. The summed E-state index contributed by atoms with van der Waals surface area (Å²) in [5.41, 5.74) is 2.43. The second kappa shape index (κ2) is 3.85. The summed E-state index contributed by atoms with van der Waals surface area (Å²) >= 11 is 6.37. The van der Waals surface area contributed by atoms with E-state index < -0.39 is 0 Å². The van der Waals surface area contributed by atoms with Crippen molar-refractivity contribution >= 4 is 11.6 Å². The third-order valence-electron chi connectivity index (χ3n) is 3.27. The van der Waals surface area contributed by atoms with Gasteiger partial charge in [-0.1, -0.05) is 13.8 Å². The maximum absolute atomic E-state index is 6.37. The average Bonchev–Trinajstić information content (AvgIpc) is 2.48. The molecule has 0 fully saturated rings. The van der Waals surface area contributed by atoms with Crippen LogP contribution in [0.3, 0.4) is 0 Å². The molecule has 0 N–H and O–H groups in total.